The van der Waals surface area contributed by atoms with Gasteiger partial charge in [0, 0.05) is 10.9 Å². The number of hydrazone groups is 1. The minimum atomic E-state index is -0.265. The summed E-state index contributed by atoms with van der Waals surface area (Å²) < 4.78 is 0. The van der Waals surface area contributed by atoms with E-state index in [1.54, 1.807) is 0 Å². The molecule has 132 valence electrons. The van der Waals surface area contributed by atoms with Gasteiger partial charge in [0.15, 0.2) is 11.4 Å². The van der Waals surface area contributed by atoms with Crippen LogP contribution >= 0.6 is 0 Å². The number of nitrogens with zero attached hydrogens (tertiary/aromatic N) is 4. The minimum absolute atomic E-state index is 0.216. The molecule has 2 aromatic heterocycles. The molecule has 8 heteroatoms. The zero-order chi connectivity index (χ0) is 18.5. The van der Waals surface area contributed by atoms with Gasteiger partial charge in [-0.1, -0.05) is 29.8 Å². The van der Waals surface area contributed by atoms with Crippen molar-refractivity contribution >= 4 is 45.3 Å². The smallest absolute Gasteiger partial charge is 0.276 e. The normalized spacial score (nSPS) is 14.7. The lowest BCUT2D eigenvalue weighted by molar-refractivity contribution is -0.110. The largest absolute Gasteiger partial charge is 0.337 e. The molecule has 0 unspecified atom stereocenters. The summed E-state index contributed by atoms with van der Waals surface area (Å²) in [5, 5.41) is 16.3. The van der Waals surface area contributed by atoms with Gasteiger partial charge in [-0.15, -0.1) is 10.2 Å². The number of hydrogen-bond donors (Lipinski definition) is 3. The molecule has 0 spiro atoms. The number of carbonyl (C=O) groups is 1. The number of H-pyrrole nitrogens is 1. The number of carbonyl (C=O) groups excluding carboxylic acids is 1. The van der Waals surface area contributed by atoms with Crippen molar-refractivity contribution in [1.29, 1.82) is 0 Å². The number of aryl methyl sites for hydroxylation is 2. The van der Waals surface area contributed by atoms with E-state index in [1.165, 1.54) is 0 Å². The number of anilines is 2. The van der Waals surface area contributed by atoms with Crippen molar-refractivity contribution in [3.05, 3.63) is 53.1 Å². The van der Waals surface area contributed by atoms with Gasteiger partial charge in [-0.3, -0.25) is 4.79 Å². The summed E-state index contributed by atoms with van der Waals surface area (Å²) in [4.78, 5) is 19.9. The zero-order valence-corrected chi connectivity index (χ0v) is 14.7. The van der Waals surface area contributed by atoms with Gasteiger partial charge in [-0.25, -0.2) is 5.43 Å². The second-order valence-electron chi connectivity index (χ2n) is 6.53. The lowest BCUT2D eigenvalue weighted by Gasteiger charge is -2.00. The predicted molar refractivity (Wildman–Crippen MR) is 104 cm³/mol. The Balaban J connectivity index is 1.53. The van der Waals surface area contributed by atoms with E-state index in [9.17, 15) is 4.79 Å². The van der Waals surface area contributed by atoms with E-state index < -0.39 is 0 Å². The molecule has 1 aliphatic rings. The van der Waals surface area contributed by atoms with Gasteiger partial charge in [-0.05, 0) is 31.5 Å². The highest BCUT2D eigenvalue weighted by Crippen LogP contribution is 2.26. The Kier molecular flexibility index (Phi) is 3.20. The van der Waals surface area contributed by atoms with Crippen LogP contribution in [0.1, 0.15) is 16.7 Å². The van der Waals surface area contributed by atoms with Crippen molar-refractivity contribution in [1.82, 2.24) is 20.2 Å². The Bertz CT molecular complexity index is 1270. The summed E-state index contributed by atoms with van der Waals surface area (Å²) in [5.41, 5.74) is 9.00. The molecule has 3 N–H and O–H groups in total. The third kappa shape index (κ3) is 2.42. The Morgan fingerprint density at radius 2 is 2.00 bits per heavy atom. The maximum atomic E-state index is 12.2. The van der Waals surface area contributed by atoms with Crippen LogP contribution in [0, 0.1) is 13.8 Å². The van der Waals surface area contributed by atoms with Gasteiger partial charge in [0.2, 0.25) is 0 Å². The van der Waals surface area contributed by atoms with E-state index in [0.717, 1.165) is 33.3 Å². The Morgan fingerprint density at radius 1 is 1.11 bits per heavy atom. The van der Waals surface area contributed by atoms with Crippen LogP contribution in [0.5, 0.6) is 0 Å². The van der Waals surface area contributed by atoms with Crippen molar-refractivity contribution in [3.8, 4) is 0 Å². The first-order chi connectivity index (χ1) is 13.1. The van der Waals surface area contributed by atoms with Gasteiger partial charge in [0.25, 0.3) is 11.9 Å². The molecule has 0 radical (unpaired) electrons. The molecule has 3 heterocycles. The number of fused-ring (bicyclic) bond motifs is 4. The highest BCUT2D eigenvalue weighted by Gasteiger charge is 2.26. The van der Waals surface area contributed by atoms with Crippen LogP contribution in [0.4, 0.5) is 11.6 Å². The third-order valence-corrected chi connectivity index (χ3v) is 4.62. The first-order valence-electron chi connectivity index (χ1n) is 8.48. The van der Waals surface area contributed by atoms with Gasteiger partial charge < -0.3 is 10.3 Å². The van der Waals surface area contributed by atoms with Crippen molar-refractivity contribution in [2.45, 2.75) is 13.8 Å². The first kappa shape index (κ1) is 15.4. The van der Waals surface area contributed by atoms with Crippen LogP contribution in [0.2, 0.25) is 0 Å². The molecule has 0 aliphatic carbocycles. The van der Waals surface area contributed by atoms with Crippen LogP contribution in [-0.2, 0) is 4.79 Å². The number of nitrogens with one attached hydrogen (secondary N) is 3. The zero-order valence-electron chi connectivity index (χ0n) is 14.7. The molecule has 0 fully saturated rings. The maximum Gasteiger partial charge on any atom is 0.276 e. The fourth-order valence-corrected chi connectivity index (χ4v) is 3.28. The molecule has 0 atom stereocenters. The van der Waals surface area contributed by atoms with E-state index in [4.69, 9.17) is 0 Å². The van der Waals surface area contributed by atoms with E-state index >= 15 is 0 Å². The number of hydrogen-bond acceptors (Lipinski definition) is 6. The average Bonchev–Trinajstić information content (AvgIpc) is 3.17. The van der Waals surface area contributed by atoms with E-state index in [0.29, 0.717) is 16.9 Å². The SMILES string of the molecule is Cc1ccc2c(c1)/C(=N\Nc1nnc3c(n1)[nH]c1c(C)cccc13)C(=O)N2. The molecule has 0 saturated carbocycles. The maximum absolute atomic E-state index is 12.2. The summed E-state index contributed by atoms with van der Waals surface area (Å²) in [6.45, 7) is 3.99. The monoisotopic (exact) mass is 357 g/mol. The standard InChI is InChI=1S/C19H15N7O/c1-9-6-7-13-12(8-9)16(18(27)20-13)24-26-19-22-17-15(23-25-19)11-5-3-4-10(2)14(11)21-17/h3-8H,1-2H3,(H,20,24,27)(H2,21,22,25,26). The molecule has 1 amide bonds. The number of aromatic amines is 1. The minimum Gasteiger partial charge on any atom is -0.337 e. The third-order valence-electron chi connectivity index (χ3n) is 4.62. The van der Waals surface area contributed by atoms with Gasteiger partial charge in [0.05, 0.1) is 11.2 Å². The van der Waals surface area contributed by atoms with Gasteiger partial charge in [-0.2, -0.15) is 10.1 Å². The molecule has 5 rings (SSSR count). The van der Waals surface area contributed by atoms with Crippen LogP contribution in [0.15, 0.2) is 41.5 Å². The molecule has 4 aromatic rings. The van der Waals surface area contributed by atoms with Crippen LogP contribution < -0.4 is 10.7 Å². The van der Waals surface area contributed by atoms with Crippen LogP contribution in [-0.4, -0.2) is 31.8 Å². The molecule has 0 saturated heterocycles. The fraction of sp³-hybridized carbons (Fsp3) is 0.105. The number of para-hydroxylation sites is 1. The van der Waals surface area contributed by atoms with Crippen molar-refractivity contribution < 1.29 is 4.79 Å². The second kappa shape index (κ2) is 5.60. The van der Waals surface area contributed by atoms with E-state index in [2.05, 4.69) is 36.0 Å². The Hall–Kier alpha value is -3.81. The predicted octanol–water partition coefficient (Wildman–Crippen LogP) is 2.89. The highest BCUT2D eigenvalue weighted by atomic mass is 16.2. The van der Waals surface area contributed by atoms with Crippen molar-refractivity contribution in [3.63, 3.8) is 0 Å². The number of rotatable bonds is 2. The summed E-state index contributed by atoms with van der Waals surface area (Å²) in [6.07, 6.45) is 0. The topological polar surface area (TPSA) is 108 Å². The number of aromatic nitrogens is 4. The molecule has 0 bridgehead atoms. The fourth-order valence-electron chi connectivity index (χ4n) is 3.28. The molecular weight excluding hydrogens is 342 g/mol. The van der Waals surface area contributed by atoms with E-state index in [1.807, 2.05) is 50.2 Å². The Labute approximate surface area is 153 Å². The van der Waals surface area contributed by atoms with Gasteiger partial charge in [0.1, 0.15) is 5.52 Å². The molecule has 1 aliphatic heterocycles. The number of amides is 1. The Morgan fingerprint density at radius 3 is 2.89 bits per heavy atom. The lowest BCUT2D eigenvalue weighted by atomic mass is 10.1. The highest BCUT2D eigenvalue weighted by molar-refractivity contribution is 6.53. The average molecular weight is 357 g/mol. The molecule has 2 aromatic carbocycles. The molecule has 27 heavy (non-hydrogen) atoms. The summed E-state index contributed by atoms with van der Waals surface area (Å²) in [6, 6.07) is 11.7. The molecule has 8 nitrogen and oxygen atoms in total. The van der Waals surface area contributed by atoms with Crippen LogP contribution in [0.3, 0.4) is 0 Å². The number of benzene rings is 2. The van der Waals surface area contributed by atoms with Gasteiger partial charge >= 0.3 is 0 Å². The molecular formula is C19H15N7O. The second-order valence-corrected chi connectivity index (χ2v) is 6.53. The lowest BCUT2D eigenvalue weighted by Crippen LogP contribution is -2.16. The quantitative estimate of drug-likeness (QED) is 0.478. The van der Waals surface area contributed by atoms with Crippen molar-refractivity contribution in [2.24, 2.45) is 5.10 Å². The summed E-state index contributed by atoms with van der Waals surface area (Å²) >= 11 is 0. The van der Waals surface area contributed by atoms with E-state index in [-0.39, 0.29) is 11.9 Å². The van der Waals surface area contributed by atoms with Crippen LogP contribution in [0.25, 0.3) is 22.1 Å². The van der Waals surface area contributed by atoms with Crippen molar-refractivity contribution in [2.75, 3.05) is 10.7 Å². The summed E-state index contributed by atoms with van der Waals surface area (Å²) in [7, 11) is 0. The summed E-state index contributed by atoms with van der Waals surface area (Å²) in [5.74, 6) is -0.0495. The first-order valence-corrected chi connectivity index (χ1v) is 8.48.